The first kappa shape index (κ1) is 23.3. The van der Waals surface area contributed by atoms with Crippen LogP contribution in [0.4, 0.5) is 21.7 Å². The van der Waals surface area contributed by atoms with Crippen molar-refractivity contribution in [2.45, 2.75) is 44.1 Å². The number of aliphatic hydroxyl groups excluding tert-OH is 3. The van der Waals surface area contributed by atoms with Gasteiger partial charge in [0.1, 0.15) is 35.8 Å². The number of rotatable bonds is 6. The highest BCUT2D eigenvalue weighted by atomic mass is 19.1. The van der Waals surface area contributed by atoms with Gasteiger partial charge in [-0.25, -0.2) is 14.2 Å². The highest BCUT2D eigenvalue weighted by molar-refractivity contribution is 5.91. The van der Waals surface area contributed by atoms with Crippen molar-refractivity contribution in [3.8, 4) is 0 Å². The molecule has 0 spiro atoms. The van der Waals surface area contributed by atoms with Crippen molar-refractivity contribution in [2.24, 2.45) is 0 Å². The lowest BCUT2D eigenvalue weighted by Crippen LogP contribution is -2.64. The van der Waals surface area contributed by atoms with E-state index in [1.165, 1.54) is 48.2 Å². The normalized spacial score (nSPS) is 25.2. The average molecular weight is 450 g/mol. The minimum Gasteiger partial charge on any atom is -0.479 e. The molecule has 5 atom stereocenters. The summed E-state index contributed by atoms with van der Waals surface area (Å²) < 4.78 is 18.8. The summed E-state index contributed by atoms with van der Waals surface area (Å²) in [7, 11) is 0. The minimum atomic E-state index is -1.87. The largest absolute Gasteiger partial charge is 0.479 e. The number of nitrogens with one attached hydrogen (secondary N) is 1. The van der Waals surface area contributed by atoms with E-state index in [9.17, 15) is 34.4 Å². The van der Waals surface area contributed by atoms with E-state index in [4.69, 9.17) is 10.5 Å². The number of pyridine rings is 1. The molecule has 0 aliphatic carbocycles. The van der Waals surface area contributed by atoms with Crippen LogP contribution in [0.1, 0.15) is 12.5 Å². The van der Waals surface area contributed by atoms with Gasteiger partial charge in [0, 0.05) is 13.5 Å². The van der Waals surface area contributed by atoms with Crippen molar-refractivity contribution in [3.05, 3.63) is 47.8 Å². The van der Waals surface area contributed by atoms with E-state index in [2.05, 4.69) is 10.3 Å². The maximum absolute atomic E-state index is 13.3. The molecule has 0 unspecified atom stereocenters. The molecule has 172 valence electrons. The van der Waals surface area contributed by atoms with Crippen LogP contribution in [-0.2, 0) is 20.9 Å². The Morgan fingerprint density at radius 3 is 2.34 bits per heavy atom. The number of nitrogens with two attached hydrogens (primary N) is 1. The monoisotopic (exact) mass is 450 g/mol. The van der Waals surface area contributed by atoms with Gasteiger partial charge in [-0.2, -0.15) is 0 Å². The zero-order valence-corrected chi connectivity index (χ0v) is 16.9. The van der Waals surface area contributed by atoms with Gasteiger partial charge in [-0.1, -0.05) is 12.1 Å². The molecule has 1 aromatic heterocycles. The van der Waals surface area contributed by atoms with Crippen molar-refractivity contribution in [1.82, 2.24) is 4.98 Å². The lowest BCUT2D eigenvalue weighted by atomic mass is 9.97. The fourth-order valence-electron chi connectivity index (χ4n) is 3.33. The third-order valence-corrected chi connectivity index (χ3v) is 4.92. The minimum absolute atomic E-state index is 0.0525. The Morgan fingerprint density at radius 1 is 1.12 bits per heavy atom. The van der Waals surface area contributed by atoms with Crippen molar-refractivity contribution < 1.29 is 39.1 Å². The van der Waals surface area contributed by atoms with Crippen LogP contribution in [0.15, 0.2) is 36.4 Å². The lowest BCUT2D eigenvalue weighted by molar-refractivity contribution is -0.227. The van der Waals surface area contributed by atoms with E-state index < -0.39 is 42.4 Å². The second-order valence-corrected chi connectivity index (χ2v) is 7.30. The zero-order valence-electron chi connectivity index (χ0n) is 16.9. The maximum atomic E-state index is 13.3. The van der Waals surface area contributed by atoms with Gasteiger partial charge in [-0.3, -0.25) is 4.79 Å². The van der Waals surface area contributed by atoms with Crippen molar-refractivity contribution in [2.75, 3.05) is 16.0 Å². The van der Waals surface area contributed by atoms with E-state index in [-0.39, 0.29) is 29.8 Å². The molecule has 1 amide bonds. The number of carboxylic acid groups (broad SMARTS) is 1. The van der Waals surface area contributed by atoms with Gasteiger partial charge in [-0.05, 0) is 29.8 Å². The summed E-state index contributed by atoms with van der Waals surface area (Å²) in [6.45, 7) is 1.24. The molecule has 3 rings (SSSR count). The number of aliphatic carboxylic acids is 1. The smallest absolute Gasteiger partial charge is 0.335 e. The van der Waals surface area contributed by atoms with E-state index >= 15 is 0 Å². The van der Waals surface area contributed by atoms with Gasteiger partial charge < -0.3 is 41.1 Å². The Balaban J connectivity index is 2.02. The number of aliphatic hydroxyl groups is 3. The Kier molecular flexibility index (Phi) is 6.89. The highest BCUT2D eigenvalue weighted by Gasteiger charge is 2.49. The van der Waals surface area contributed by atoms with Crippen LogP contribution in [0.5, 0.6) is 0 Å². The summed E-state index contributed by atoms with van der Waals surface area (Å²) in [4.78, 5) is 28.3. The molecule has 2 aromatic rings. The fraction of sp³-hybridized carbons (Fsp3) is 0.350. The standard InChI is InChI=1S/C20H23FN4O7/c1-9(26)23-12-6-7-13(24-18(12)22)25(8-10-2-4-11(21)5-3-10)19-16(29)14(27)15(28)17(32-19)20(30)31/h2-7,14-17,19,27-29H,8H2,1H3,(H2,22,24)(H,23,26)(H,30,31)/t14-,15-,16+,17-,19+/m0/s1. The molecule has 1 aromatic carbocycles. The number of nitrogens with zero attached hydrogens (tertiary/aromatic N) is 2. The quantitative estimate of drug-likeness (QED) is 0.341. The Morgan fingerprint density at radius 2 is 1.78 bits per heavy atom. The third kappa shape index (κ3) is 4.94. The van der Waals surface area contributed by atoms with Gasteiger partial charge >= 0.3 is 5.97 Å². The molecule has 12 heteroatoms. The molecule has 0 radical (unpaired) electrons. The molecule has 1 aliphatic rings. The van der Waals surface area contributed by atoms with Crippen LogP contribution in [0, 0.1) is 5.82 Å². The molecule has 7 N–H and O–H groups in total. The van der Waals surface area contributed by atoms with Crippen molar-refractivity contribution in [1.29, 1.82) is 0 Å². The maximum Gasteiger partial charge on any atom is 0.335 e. The SMILES string of the molecule is CC(=O)Nc1ccc(N(Cc2ccc(F)cc2)[C@@H]2O[C@H](C(=O)O)[C@@H](O)[C@H](O)[C@H]2O)nc1N. The molecule has 0 bridgehead atoms. The second-order valence-electron chi connectivity index (χ2n) is 7.30. The van der Waals surface area contributed by atoms with Gasteiger partial charge in [0.15, 0.2) is 12.3 Å². The molecule has 0 saturated carbocycles. The summed E-state index contributed by atoms with van der Waals surface area (Å²) in [5.41, 5.74) is 6.69. The topological polar surface area (TPSA) is 178 Å². The average Bonchev–Trinajstić information content (AvgIpc) is 2.73. The first-order valence-corrected chi connectivity index (χ1v) is 9.56. The lowest BCUT2D eigenvalue weighted by Gasteiger charge is -2.44. The summed E-state index contributed by atoms with van der Waals surface area (Å²) in [5.74, 6) is -2.34. The molecule has 32 heavy (non-hydrogen) atoms. The highest BCUT2D eigenvalue weighted by Crippen LogP contribution is 2.30. The summed E-state index contributed by atoms with van der Waals surface area (Å²) >= 11 is 0. The summed E-state index contributed by atoms with van der Waals surface area (Å²) in [6, 6.07) is 8.25. The number of hydrogen-bond donors (Lipinski definition) is 6. The molecule has 1 aliphatic heterocycles. The van der Waals surface area contributed by atoms with Crippen LogP contribution in [0.2, 0.25) is 0 Å². The number of hydrogen-bond acceptors (Lipinski definition) is 9. The predicted molar refractivity (Wildman–Crippen MR) is 110 cm³/mol. The third-order valence-electron chi connectivity index (χ3n) is 4.92. The van der Waals surface area contributed by atoms with E-state index in [0.717, 1.165) is 0 Å². The first-order chi connectivity index (χ1) is 15.1. The summed E-state index contributed by atoms with van der Waals surface area (Å²) in [5, 5.41) is 42.6. The number of aromatic nitrogens is 1. The van der Waals surface area contributed by atoms with Crippen LogP contribution in [0.3, 0.4) is 0 Å². The van der Waals surface area contributed by atoms with Gasteiger partial charge in [0.2, 0.25) is 5.91 Å². The number of halogens is 1. The van der Waals surface area contributed by atoms with Crippen molar-refractivity contribution >= 4 is 29.2 Å². The Bertz CT molecular complexity index is 990. The summed E-state index contributed by atoms with van der Waals surface area (Å²) in [6.07, 6.45) is -8.71. The number of anilines is 3. The molecular formula is C20H23FN4O7. The van der Waals surface area contributed by atoms with Crippen LogP contribution in [0.25, 0.3) is 0 Å². The number of carbonyl (C=O) groups is 2. The van der Waals surface area contributed by atoms with Gasteiger partial charge in [0.05, 0.1) is 5.69 Å². The van der Waals surface area contributed by atoms with E-state index in [1.807, 2.05) is 0 Å². The van der Waals surface area contributed by atoms with Gasteiger partial charge in [0.25, 0.3) is 0 Å². The number of nitrogen functional groups attached to an aromatic ring is 1. The molecule has 1 fully saturated rings. The number of amides is 1. The number of carboxylic acids is 1. The molecule has 2 heterocycles. The number of carbonyl (C=O) groups excluding carboxylic acids is 1. The Labute approximate surface area is 181 Å². The first-order valence-electron chi connectivity index (χ1n) is 9.56. The van der Waals surface area contributed by atoms with E-state index in [1.54, 1.807) is 0 Å². The zero-order chi connectivity index (χ0) is 23.6. The molecule has 11 nitrogen and oxygen atoms in total. The molecule has 1 saturated heterocycles. The predicted octanol–water partition coefficient (Wildman–Crippen LogP) is -0.340. The molecular weight excluding hydrogens is 427 g/mol. The number of ether oxygens (including phenoxy) is 1. The van der Waals surface area contributed by atoms with Crippen LogP contribution in [-0.4, -0.2) is 67.9 Å². The van der Waals surface area contributed by atoms with Crippen LogP contribution < -0.4 is 16.0 Å². The number of benzene rings is 1. The van der Waals surface area contributed by atoms with Gasteiger partial charge in [-0.15, -0.1) is 0 Å². The second kappa shape index (κ2) is 9.44. The fourth-order valence-corrected chi connectivity index (χ4v) is 3.33. The van der Waals surface area contributed by atoms with Crippen LogP contribution >= 0.6 is 0 Å². The Hall–Kier alpha value is -3.32. The van der Waals surface area contributed by atoms with Crippen molar-refractivity contribution in [3.63, 3.8) is 0 Å². The van der Waals surface area contributed by atoms with E-state index in [0.29, 0.717) is 5.56 Å².